The van der Waals surface area contributed by atoms with Gasteiger partial charge in [0.25, 0.3) is 0 Å². The number of ether oxygens (including phenoxy) is 1. The first-order valence-electron chi connectivity index (χ1n) is 8.94. The van der Waals surface area contributed by atoms with Gasteiger partial charge >= 0.3 is 5.97 Å². The summed E-state index contributed by atoms with van der Waals surface area (Å²) in [6, 6.07) is 18.3. The maximum Gasteiger partial charge on any atom is 0.348 e. The normalized spacial score (nSPS) is 11.1. The molecule has 0 aliphatic rings. The summed E-state index contributed by atoms with van der Waals surface area (Å²) in [6.07, 6.45) is 1.39. The molecule has 0 aliphatic carbocycles. The molecule has 0 saturated heterocycles. The van der Waals surface area contributed by atoms with Crippen LogP contribution in [0.4, 0.5) is 11.4 Å². The third-order valence-corrected chi connectivity index (χ3v) is 4.44. The number of alkyl halides is 1. The molecule has 7 heteroatoms. The van der Waals surface area contributed by atoms with Crippen molar-refractivity contribution in [1.82, 2.24) is 4.98 Å². The van der Waals surface area contributed by atoms with E-state index >= 15 is 0 Å². The molecular formula is C22H18ClN3O3. The molecule has 3 rings (SSSR count). The van der Waals surface area contributed by atoms with Gasteiger partial charge in [0.15, 0.2) is 0 Å². The van der Waals surface area contributed by atoms with Crippen molar-refractivity contribution in [3.05, 3.63) is 65.9 Å². The van der Waals surface area contributed by atoms with Crippen LogP contribution in [0.2, 0.25) is 0 Å². The van der Waals surface area contributed by atoms with Crippen LogP contribution >= 0.6 is 11.6 Å². The summed E-state index contributed by atoms with van der Waals surface area (Å²) in [4.78, 5) is 29.6. The molecule has 1 amide bonds. The number of nitrogens with one attached hydrogen (secondary N) is 1. The Morgan fingerprint density at radius 1 is 1.17 bits per heavy atom. The summed E-state index contributed by atoms with van der Waals surface area (Å²) >= 11 is 5.90. The number of fused-ring (bicyclic) bond motifs is 1. The van der Waals surface area contributed by atoms with Gasteiger partial charge in [-0.25, -0.2) is 4.79 Å². The van der Waals surface area contributed by atoms with Crippen LogP contribution in [0.3, 0.4) is 0 Å². The third-order valence-electron chi connectivity index (χ3n) is 4.21. The quantitative estimate of drug-likeness (QED) is 0.281. The molecule has 3 aromatic rings. The van der Waals surface area contributed by atoms with E-state index in [2.05, 4.69) is 4.98 Å². The minimum atomic E-state index is -0.727. The minimum absolute atomic E-state index is 0.151. The zero-order valence-electron chi connectivity index (χ0n) is 15.7. The Balaban J connectivity index is 2.28. The average molecular weight is 408 g/mol. The van der Waals surface area contributed by atoms with E-state index in [0.717, 1.165) is 10.9 Å². The number of halogens is 1. The van der Waals surface area contributed by atoms with Gasteiger partial charge in [0.1, 0.15) is 17.5 Å². The highest BCUT2D eigenvalue weighted by atomic mass is 35.5. The summed E-state index contributed by atoms with van der Waals surface area (Å²) in [5.74, 6) is -1.30. The predicted molar refractivity (Wildman–Crippen MR) is 113 cm³/mol. The maximum absolute atomic E-state index is 12.8. The Hall–Kier alpha value is -3.56. The number of hydrogen-bond donors (Lipinski definition) is 1. The largest absolute Gasteiger partial charge is 0.462 e. The Bertz CT molecular complexity index is 1110. The fraction of sp³-hybridized carbons (Fsp3) is 0.136. The number of carbonyl (C=O) groups is 2. The highest BCUT2D eigenvalue weighted by molar-refractivity contribution is 6.31. The number of nitrogens with zero attached hydrogens (tertiary/aromatic N) is 2. The number of nitriles is 1. The summed E-state index contributed by atoms with van der Waals surface area (Å²) in [7, 11) is 0. The van der Waals surface area contributed by atoms with Crippen LogP contribution in [0.1, 0.15) is 12.6 Å². The molecule has 0 saturated carbocycles. The van der Waals surface area contributed by atoms with Crippen LogP contribution in [0.15, 0.2) is 60.2 Å². The van der Waals surface area contributed by atoms with E-state index in [-0.39, 0.29) is 24.0 Å². The molecule has 29 heavy (non-hydrogen) atoms. The number of anilines is 2. The zero-order valence-corrected chi connectivity index (χ0v) is 16.4. The molecule has 0 aliphatic heterocycles. The van der Waals surface area contributed by atoms with Gasteiger partial charge in [-0.3, -0.25) is 9.69 Å². The summed E-state index contributed by atoms with van der Waals surface area (Å²) < 4.78 is 4.95. The van der Waals surface area contributed by atoms with Crippen molar-refractivity contribution in [2.45, 2.75) is 6.92 Å². The molecular weight excluding hydrogens is 390 g/mol. The Morgan fingerprint density at radius 3 is 2.52 bits per heavy atom. The van der Waals surface area contributed by atoms with E-state index in [9.17, 15) is 14.9 Å². The van der Waals surface area contributed by atoms with Crippen molar-refractivity contribution in [2.24, 2.45) is 0 Å². The number of carbonyl (C=O) groups excluding carboxylic acids is 2. The second kappa shape index (κ2) is 9.09. The lowest BCUT2D eigenvalue weighted by molar-refractivity contribution is -0.137. The first kappa shape index (κ1) is 20.2. The van der Waals surface area contributed by atoms with Gasteiger partial charge in [-0.05, 0) is 31.2 Å². The Labute approximate surface area is 173 Å². The Kier molecular flexibility index (Phi) is 6.32. The number of H-pyrrole nitrogens is 1. The molecule has 1 aromatic heterocycles. The van der Waals surface area contributed by atoms with Gasteiger partial charge < -0.3 is 9.72 Å². The number of aromatic amines is 1. The number of aromatic nitrogens is 1. The highest BCUT2D eigenvalue weighted by Crippen LogP contribution is 2.37. The summed E-state index contributed by atoms with van der Waals surface area (Å²) in [6.45, 7) is 1.82. The van der Waals surface area contributed by atoms with E-state index in [1.54, 1.807) is 19.1 Å². The van der Waals surface area contributed by atoms with Gasteiger partial charge in [0.2, 0.25) is 5.91 Å². The standard InChI is InChI=1S/C22H18ClN3O3/c1-2-29-22(28)15(14-24)12-19-21(17-10-6-7-11-18(17)25-19)26(20(27)13-23)16-8-4-3-5-9-16/h3-12,25H,2,13H2,1H3/b15-12-. The van der Waals surface area contributed by atoms with Crippen LogP contribution in [-0.4, -0.2) is 29.3 Å². The van der Waals surface area contributed by atoms with Crippen molar-refractivity contribution in [3.8, 4) is 6.07 Å². The molecule has 0 bridgehead atoms. The van der Waals surface area contributed by atoms with Crippen LogP contribution in [0.25, 0.3) is 17.0 Å². The van der Waals surface area contributed by atoms with Gasteiger partial charge in [0.05, 0.1) is 18.0 Å². The van der Waals surface area contributed by atoms with Crippen molar-refractivity contribution in [1.29, 1.82) is 5.26 Å². The lowest BCUT2D eigenvalue weighted by Crippen LogP contribution is -2.27. The fourth-order valence-corrected chi connectivity index (χ4v) is 3.14. The molecule has 146 valence electrons. The molecule has 0 spiro atoms. The summed E-state index contributed by atoms with van der Waals surface area (Å²) in [5.41, 5.74) is 2.13. The predicted octanol–water partition coefficient (Wildman–Crippen LogP) is 4.54. The van der Waals surface area contributed by atoms with Crippen LogP contribution in [-0.2, 0) is 14.3 Å². The van der Waals surface area contributed by atoms with Crippen molar-refractivity contribution >= 4 is 51.8 Å². The third kappa shape index (κ3) is 4.15. The lowest BCUT2D eigenvalue weighted by Gasteiger charge is -2.22. The van der Waals surface area contributed by atoms with Gasteiger partial charge in [-0.1, -0.05) is 36.4 Å². The molecule has 2 aromatic carbocycles. The number of hydrogen-bond acceptors (Lipinski definition) is 4. The number of rotatable bonds is 6. The SMILES string of the molecule is CCOC(=O)/C(C#N)=C\c1[nH]c2ccccc2c1N(C(=O)CCl)c1ccccc1. The topological polar surface area (TPSA) is 86.2 Å². The molecule has 6 nitrogen and oxygen atoms in total. The van der Waals surface area contributed by atoms with E-state index in [1.165, 1.54) is 11.0 Å². The van der Waals surface area contributed by atoms with Crippen molar-refractivity contribution < 1.29 is 14.3 Å². The second-order valence-corrected chi connectivity index (χ2v) is 6.29. The van der Waals surface area contributed by atoms with E-state index in [1.807, 2.05) is 48.5 Å². The number of para-hydroxylation sites is 2. The Morgan fingerprint density at radius 2 is 1.86 bits per heavy atom. The van der Waals surface area contributed by atoms with E-state index in [0.29, 0.717) is 17.1 Å². The molecule has 1 heterocycles. The van der Waals surface area contributed by atoms with Crippen LogP contribution < -0.4 is 4.90 Å². The summed E-state index contributed by atoms with van der Waals surface area (Å²) in [5, 5.41) is 10.2. The van der Waals surface area contributed by atoms with E-state index < -0.39 is 5.97 Å². The molecule has 1 N–H and O–H groups in total. The highest BCUT2D eigenvalue weighted by Gasteiger charge is 2.24. The molecule has 0 atom stereocenters. The van der Waals surface area contributed by atoms with Crippen molar-refractivity contribution in [2.75, 3.05) is 17.4 Å². The molecule has 0 unspecified atom stereocenters. The smallest absolute Gasteiger partial charge is 0.348 e. The number of amides is 1. The van der Waals surface area contributed by atoms with Gasteiger partial charge in [-0.15, -0.1) is 11.6 Å². The van der Waals surface area contributed by atoms with Gasteiger partial charge in [0, 0.05) is 16.6 Å². The molecule has 0 radical (unpaired) electrons. The fourth-order valence-electron chi connectivity index (χ4n) is 3.02. The van der Waals surface area contributed by atoms with Crippen LogP contribution in [0, 0.1) is 11.3 Å². The van der Waals surface area contributed by atoms with Crippen molar-refractivity contribution in [3.63, 3.8) is 0 Å². The monoisotopic (exact) mass is 407 g/mol. The average Bonchev–Trinajstić information content (AvgIpc) is 3.11. The minimum Gasteiger partial charge on any atom is -0.462 e. The number of benzene rings is 2. The van der Waals surface area contributed by atoms with E-state index in [4.69, 9.17) is 16.3 Å². The molecule has 0 fully saturated rings. The van der Waals surface area contributed by atoms with Crippen LogP contribution in [0.5, 0.6) is 0 Å². The zero-order chi connectivity index (χ0) is 20.8. The first-order valence-corrected chi connectivity index (χ1v) is 9.47. The number of esters is 1. The lowest BCUT2D eigenvalue weighted by atomic mass is 10.1. The van der Waals surface area contributed by atoms with Gasteiger partial charge in [-0.2, -0.15) is 5.26 Å². The maximum atomic E-state index is 12.8. The first-order chi connectivity index (χ1) is 14.1. The second-order valence-electron chi connectivity index (χ2n) is 6.02.